The summed E-state index contributed by atoms with van der Waals surface area (Å²) in [7, 11) is 0. The van der Waals surface area contributed by atoms with Crippen molar-refractivity contribution in [2.45, 2.75) is 6.92 Å². The predicted octanol–water partition coefficient (Wildman–Crippen LogP) is 4.02. The van der Waals surface area contributed by atoms with E-state index in [1.165, 1.54) is 13.0 Å². The minimum atomic E-state index is -0.418. The normalized spacial score (nSPS) is 14.0. The molecule has 174 valence electrons. The number of carbonyl (C=O) groups is 3. The Labute approximate surface area is 198 Å². The molecule has 1 aliphatic heterocycles. The van der Waals surface area contributed by atoms with Crippen LogP contribution in [0, 0.1) is 5.82 Å². The van der Waals surface area contributed by atoms with Crippen LogP contribution in [0.25, 0.3) is 0 Å². The highest BCUT2D eigenvalue weighted by Gasteiger charge is 2.22. The number of hydrogen-bond acceptors (Lipinski definition) is 5. The van der Waals surface area contributed by atoms with Crippen LogP contribution in [0.15, 0.2) is 72.8 Å². The Kier molecular flexibility index (Phi) is 7.13. The molecule has 3 aromatic rings. The topological polar surface area (TPSA) is 69.7 Å². The van der Waals surface area contributed by atoms with Gasteiger partial charge in [-0.2, -0.15) is 0 Å². The highest BCUT2D eigenvalue weighted by atomic mass is 19.1. The van der Waals surface area contributed by atoms with Gasteiger partial charge < -0.3 is 10.2 Å². The van der Waals surface area contributed by atoms with E-state index in [0.717, 1.165) is 0 Å². The number of anilines is 2. The molecule has 4 rings (SSSR count). The van der Waals surface area contributed by atoms with Gasteiger partial charge in [0, 0.05) is 42.9 Å². The number of para-hydroxylation sites is 1. The van der Waals surface area contributed by atoms with E-state index in [-0.39, 0.29) is 24.0 Å². The Balaban J connectivity index is 1.35. The van der Waals surface area contributed by atoms with Gasteiger partial charge in [-0.15, -0.1) is 0 Å². The molecule has 0 spiro atoms. The van der Waals surface area contributed by atoms with Crippen molar-refractivity contribution in [3.8, 4) is 0 Å². The third-order valence-corrected chi connectivity index (χ3v) is 5.92. The highest BCUT2D eigenvalue weighted by molar-refractivity contribution is 6.13. The number of hydrogen-bond donors (Lipinski definition) is 1. The third-order valence-electron chi connectivity index (χ3n) is 5.92. The maximum Gasteiger partial charge on any atom is 0.238 e. The van der Waals surface area contributed by atoms with E-state index in [0.29, 0.717) is 54.2 Å². The van der Waals surface area contributed by atoms with Gasteiger partial charge in [-0.3, -0.25) is 19.3 Å². The van der Waals surface area contributed by atoms with E-state index in [1.807, 2.05) is 15.9 Å². The highest BCUT2D eigenvalue weighted by Crippen LogP contribution is 2.23. The van der Waals surface area contributed by atoms with E-state index in [9.17, 15) is 18.8 Å². The Morgan fingerprint density at radius 1 is 0.853 bits per heavy atom. The molecule has 1 fully saturated rings. The summed E-state index contributed by atoms with van der Waals surface area (Å²) in [5.74, 6) is -0.950. The number of nitrogens with zero attached hydrogens (tertiary/aromatic N) is 2. The summed E-state index contributed by atoms with van der Waals surface area (Å²) in [5, 5.41) is 2.87. The second-order valence-electron chi connectivity index (χ2n) is 8.27. The maximum atomic E-state index is 14.5. The average Bonchev–Trinajstić information content (AvgIpc) is 2.85. The number of carbonyl (C=O) groups excluding carboxylic acids is 3. The van der Waals surface area contributed by atoms with Crippen LogP contribution in [0.5, 0.6) is 0 Å². The van der Waals surface area contributed by atoms with Crippen LogP contribution in [0.4, 0.5) is 15.8 Å². The third kappa shape index (κ3) is 5.38. The molecule has 0 bridgehead atoms. The largest absolute Gasteiger partial charge is 0.367 e. The molecule has 7 heteroatoms. The van der Waals surface area contributed by atoms with Crippen molar-refractivity contribution in [1.82, 2.24) is 4.90 Å². The first-order valence-corrected chi connectivity index (χ1v) is 11.2. The van der Waals surface area contributed by atoms with Crippen molar-refractivity contribution in [3.05, 3.63) is 95.3 Å². The average molecular weight is 460 g/mol. The van der Waals surface area contributed by atoms with E-state index in [2.05, 4.69) is 5.32 Å². The molecule has 34 heavy (non-hydrogen) atoms. The lowest BCUT2D eigenvalue weighted by atomic mass is 10.0. The van der Waals surface area contributed by atoms with Crippen LogP contribution < -0.4 is 10.2 Å². The SMILES string of the molecule is CC(=O)c1ccc(N2CCN(CC(=O)Nc3ccccc3C(=O)c3ccccc3)CC2)c(F)c1. The smallest absolute Gasteiger partial charge is 0.238 e. The standard InChI is InChI=1S/C27H26FN3O3/c1-19(32)21-11-12-25(23(28)17-21)31-15-13-30(14-16-31)18-26(33)29-24-10-6-5-9-22(24)27(34)20-7-3-2-4-8-20/h2-12,17H,13-16,18H2,1H3,(H,29,33). The van der Waals surface area contributed by atoms with Gasteiger partial charge in [-0.1, -0.05) is 42.5 Å². The van der Waals surface area contributed by atoms with E-state index in [4.69, 9.17) is 0 Å². The summed E-state index contributed by atoms with van der Waals surface area (Å²) in [5.41, 5.74) is 2.29. The molecular formula is C27H26FN3O3. The van der Waals surface area contributed by atoms with Crippen LogP contribution in [0.3, 0.4) is 0 Å². The van der Waals surface area contributed by atoms with Gasteiger partial charge >= 0.3 is 0 Å². The lowest BCUT2D eigenvalue weighted by Gasteiger charge is -2.35. The Bertz CT molecular complexity index is 1200. The van der Waals surface area contributed by atoms with Crippen LogP contribution >= 0.6 is 0 Å². The minimum absolute atomic E-state index is 0.150. The molecule has 1 saturated heterocycles. The molecule has 1 N–H and O–H groups in total. The molecule has 0 unspecified atom stereocenters. The van der Waals surface area contributed by atoms with Gasteiger partial charge in [-0.25, -0.2) is 4.39 Å². The maximum absolute atomic E-state index is 14.5. The zero-order valence-electron chi connectivity index (χ0n) is 19.0. The molecule has 0 radical (unpaired) electrons. The van der Waals surface area contributed by atoms with Crippen molar-refractivity contribution in [2.24, 2.45) is 0 Å². The molecule has 0 saturated carbocycles. The first-order chi connectivity index (χ1) is 16.4. The molecule has 6 nitrogen and oxygen atoms in total. The molecule has 1 aliphatic rings. The molecular weight excluding hydrogens is 433 g/mol. The van der Waals surface area contributed by atoms with Gasteiger partial charge in [-0.05, 0) is 37.3 Å². The molecule has 3 aromatic carbocycles. The van der Waals surface area contributed by atoms with Crippen LogP contribution in [0.2, 0.25) is 0 Å². The first-order valence-electron chi connectivity index (χ1n) is 11.2. The molecule has 0 aromatic heterocycles. The number of halogens is 1. The van der Waals surface area contributed by atoms with E-state index >= 15 is 0 Å². The summed E-state index contributed by atoms with van der Waals surface area (Å²) in [4.78, 5) is 41.0. The lowest BCUT2D eigenvalue weighted by molar-refractivity contribution is -0.117. The molecule has 0 atom stereocenters. The summed E-state index contributed by atoms with van der Waals surface area (Å²) in [6, 6.07) is 20.5. The van der Waals surface area contributed by atoms with Crippen molar-refractivity contribution in [2.75, 3.05) is 42.9 Å². The van der Waals surface area contributed by atoms with Crippen molar-refractivity contribution < 1.29 is 18.8 Å². The molecule has 1 amide bonds. The van der Waals surface area contributed by atoms with Gasteiger partial charge in [0.25, 0.3) is 0 Å². The molecule has 0 aliphatic carbocycles. The number of benzene rings is 3. The van der Waals surface area contributed by atoms with Crippen molar-refractivity contribution in [3.63, 3.8) is 0 Å². The number of nitrogens with one attached hydrogen (secondary N) is 1. The number of Topliss-reactive ketones (excluding diaryl/α,β-unsaturated/α-hetero) is 1. The second-order valence-corrected chi connectivity index (χ2v) is 8.27. The zero-order valence-corrected chi connectivity index (χ0v) is 19.0. The minimum Gasteiger partial charge on any atom is -0.367 e. The Hall–Kier alpha value is -3.84. The second kappa shape index (κ2) is 10.4. The van der Waals surface area contributed by atoms with Gasteiger partial charge in [0.15, 0.2) is 11.6 Å². The Morgan fingerprint density at radius 2 is 1.53 bits per heavy atom. The quantitative estimate of drug-likeness (QED) is 0.541. The van der Waals surface area contributed by atoms with Crippen LogP contribution in [-0.2, 0) is 4.79 Å². The van der Waals surface area contributed by atoms with Gasteiger partial charge in [0.05, 0.1) is 17.9 Å². The monoisotopic (exact) mass is 459 g/mol. The lowest BCUT2D eigenvalue weighted by Crippen LogP contribution is -2.49. The fraction of sp³-hybridized carbons (Fsp3) is 0.222. The number of piperazine rings is 1. The number of amides is 1. The summed E-state index contributed by atoms with van der Waals surface area (Å²) >= 11 is 0. The summed E-state index contributed by atoms with van der Waals surface area (Å²) < 4.78 is 14.5. The molecule has 1 heterocycles. The van der Waals surface area contributed by atoms with Gasteiger partial charge in [0.2, 0.25) is 5.91 Å². The first kappa shape index (κ1) is 23.3. The fourth-order valence-corrected chi connectivity index (χ4v) is 4.06. The van der Waals surface area contributed by atoms with Gasteiger partial charge in [0.1, 0.15) is 5.82 Å². The van der Waals surface area contributed by atoms with Crippen LogP contribution in [0.1, 0.15) is 33.2 Å². The zero-order chi connectivity index (χ0) is 24.1. The predicted molar refractivity (Wildman–Crippen MR) is 130 cm³/mol. The summed E-state index contributed by atoms with van der Waals surface area (Å²) in [6.07, 6.45) is 0. The van der Waals surface area contributed by atoms with Crippen molar-refractivity contribution in [1.29, 1.82) is 0 Å². The van der Waals surface area contributed by atoms with E-state index < -0.39 is 5.82 Å². The Morgan fingerprint density at radius 3 is 2.21 bits per heavy atom. The number of ketones is 2. The fourth-order valence-electron chi connectivity index (χ4n) is 4.06. The van der Waals surface area contributed by atoms with E-state index in [1.54, 1.807) is 60.7 Å². The number of rotatable bonds is 7. The van der Waals surface area contributed by atoms with Crippen LogP contribution in [-0.4, -0.2) is 55.1 Å². The summed E-state index contributed by atoms with van der Waals surface area (Å²) in [6.45, 7) is 3.89. The van der Waals surface area contributed by atoms with Crippen molar-refractivity contribution >= 4 is 28.8 Å².